The van der Waals surface area contributed by atoms with Crippen LogP contribution >= 0.6 is 0 Å². The van der Waals surface area contributed by atoms with E-state index in [-0.39, 0.29) is 28.7 Å². The number of aromatic nitrogens is 1. The fourth-order valence-corrected chi connectivity index (χ4v) is 2.07. The van der Waals surface area contributed by atoms with Crippen LogP contribution < -0.4 is 10.6 Å². The number of nitrogens with zero attached hydrogens (tertiary/aromatic N) is 1. The first-order valence-corrected chi connectivity index (χ1v) is 7.37. The van der Waals surface area contributed by atoms with Gasteiger partial charge in [0.05, 0.1) is 24.6 Å². The van der Waals surface area contributed by atoms with Gasteiger partial charge in [-0.2, -0.15) is 4.98 Å². The van der Waals surface area contributed by atoms with E-state index in [0.29, 0.717) is 0 Å². The summed E-state index contributed by atoms with van der Waals surface area (Å²) in [6, 6.07) is 9.21. The van der Waals surface area contributed by atoms with Gasteiger partial charge in [-0.05, 0) is 24.3 Å². The van der Waals surface area contributed by atoms with E-state index in [4.69, 9.17) is 8.83 Å². The molecule has 9 nitrogen and oxygen atoms in total. The van der Waals surface area contributed by atoms with Gasteiger partial charge in [-0.3, -0.25) is 14.9 Å². The summed E-state index contributed by atoms with van der Waals surface area (Å²) < 4.78 is 14.7. The summed E-state index contributed by atoms with van der Waals surface area (Å²) in [4.78, 5) is 39.7. The summed E-state index contributed by atoms with van der Waals surface area (Å²) in [5.74, 6) is -1.71. The Bertz CT molecular complexity index is 945. The van der Waals surface area contributed by atoms with E-state index in [9.17, 15) is 14.4 Å². The Morgan fingerprint density at radius 2 is 1.81 bits per heavy atom. The number of oxazole rings is 1. The highest BCUT2D eigenvalue weighted by atomic mass is 16.5. The Hall–Kier alpha value is -3.88. The minimum atomic E-state index is -0.622. The van der Waals surface area contributed by atoms with Crippen LogP contribution in [0.15, 0.2) is 57.8 Å². The number of furan rings is 1. The summed E-state index contributed by atoms with van der Waals surface area (Å²) in [6.45, 7) is 0. The molecule has 0 aliphatic heterocycles. The van der Waals surface area contributed by atoms with Crippen molar-refractivity contribution in [2.75, 3.05) is 17.7 Å². The lowest BCUT2D eigenvalue weighted by atomic mass is 10.2. The summed E-state index contributed by atoms with van der Waals surface area (Å²) in [7, 11) is 1.24. The lowest BCUT2D eigenvalue weighted by molar-refractivity contribution is 0.0601. The van der Waals surface area contributed by atoms with Crippen LogP contribution in [0.1, 0.15) is 31.4 Å². The van der Waals surface area contributed by atoms with Crippen molar-refractivity contribution < 1.29 is 28.0 Å². The van der Waals surface area contributed by atoms with Crippen LogP contribution in [0.3, 0.4) is 0 Å². The normalized spacial score (nSPS) is 10.2. The predicted octanol–water partition coefficient (Wildman–Crippen LogP) is 2.56. The van der Waals surface area contributed by atoms with Crippen LogP contribution in [0.25, 0.3) is 0 Å². The molecular formula is C17H13N3O6. The number of para-hydroxylation sites is 1. The van der Waals surface area contributed by atoms with Gasteiger partial charge in [0.25, 0.3) is 11.8 Å². The quantitative estimate of drug-likeness (QED) is 0.674. The maximum absolute atomic E-state index is 12.3. The number of esters is 1. The van der Waals surface area contributed by atoms with E-state index in [1.165, 1.54) is 25.5 Å². The smallest absolute Gasteiger partial charge is 0.339 e. The molecule has 1 aromatic carbocycles. The van der Waals surface area contributed by atoms with Crippen molar-refractivity contribution in [1.82, 2.24) is 4.98 Å². The van der Waals surface area contributed by atoms with Crippen LogP contribution in [0.4, 0.5) is 11.7 Å². The second-order valence-electron chi connectivity index (χ2n) is 4.96. The minimum Gasteiger partial charge on any atom is -0.465 e. The molecule has 3 aromatic rings. The zero-order valence-corrected chi connectivity index (χ0v) is 13.5. The van der Waals surface area contributed by atoms with E-state index in [0.717, 1.165) is 6.26 Å². The van der Waals surface area contributed by atoms with E-state index >= 15 is 0 Å². The summed E-state index contributed by atoms with van der Waals surface area (Å²) in [6.07, 6.45) is 2.43. The Morgan fingerprint density at radius 1 is 1.00 bits per heavy atom. The molecule has 132 valence electrons. The highest BCUT2D eigenvalue weighted by Gasteiger charge is 2.18. The molecule has 0 aliphatic carbocycles. The van der Waals surface area contributed by atoms with Gasteiger partial charge in [-0.25, -0.2) is 4.79 Å². The molecule has 0 atom stereocenters. The van der Waals surface area contributed by atoms with E-state index < -0.39 is 17.8 Å². The van der Waals surface area contributed by atoms with Crippen LogP contribution in [0, 0.1) is 0 Å². The molecule has 2 heterocycles. The fourth-order valence-electron chi connectivity index (χ4n) is 2.07. The highest BCUT2D eigenvalue weighted by Crippen LogP contribution is 2.18. The van der Waals surface area contributed by atoms with Crippen LogP contribution in [0.2, 0.25) is 0 Å². The van der Waals surface area contributed by atoms with Gasteiger partial charge in [-0.15, -0.1) is 0 Å². The first-order chi connectivity index (χ1) is 12.6. The largest absolute Gasteiger partial charge is 0.465 e. The molecule has 0 fully saturated rings. The summed E-state index contributed by atoms with van der Waals surface area (Å²) in [5, 5.41) is 4.90. The summed E-state index contributed by atoms with van der Waals surface area (Å²) >= 11 is 0. The number of hydrogen-bond donors (Lipinski definition) is 2. The maximum atomic E-state index is 12.3. The first kappa shape index (κ1) is 17.0. The van der Waals surface area contributed by atoms with Crippen molar-refractivity contribution in [3.05, 3.63) is 65.9 Å². The van der Waals surface area contributed by atoms with Gasteiger partial charge < -0.3 is 18.9 Å². The molecule has 0 bridgehead atoms. The molecule has 2 amide bonds. The number of rotatable bonds is 5. The zero-order chi connectivity index (χ0) is 18.5. The highest BCUT2D eigenvalue weighted by molar-refractivity contribution is 6.07. The average molecular weight is 355 g/mol. The SMILES string of the molecule is COC(=O)c1ccccc1NC(=O)c1coc(NC(=O)c2ccco2)n1. The Labute approximate surface area is 147 Å². The monoisotopic (exact) mass is 355 g/mol. The number of anilines is 2. The van der Waals surface area contributed by atoms with Gasteiger partial charge >= 0.3 is 12.0 Å². The van der Waals surface area contributed by atoms with Crippen molar-refractivity contribution in [1.29, 1.82) is 0 Å². The number of carbonyl (C=O) groups excluding carboxylic acids is 3. The molecule has 2 N–H and O–H groups in total. The third-order valence-corrected chi connectivity index (χ3v) is 3.28. The molecule has 9 heteroatoms. The Balaban J connectivity index is 1.71. The van der Waals surface area contributed by atoms with Crippen molar-refractivity contribution in [2.45, 2.75) is 0 Å². The van der Waals surface area contributed by atoms with E-state index in [1.807, 2.05) is 0 Å². The number of hydrogen-bond acceptors (Lipinski definition) is 7. The molecular weight excluding hydrogens is 342 g/mol. The maximum Gasteiger partial charge on any atom is 0.339 e. The lowest BCUT2D eigenvalue weighted by Gasteiger charge is -2.08. The van der Waals surface area contributed by atoms with Crippen LogP contribution in [-0.2, 0) is 4.74 Å². The second-order valence-corrected chi connectivity index (χ2v) is 4.96. The van der Waals surface area contributed by atoms with Gasteiger partial charge in [0, 0.05) is 0 Å². The number of nitrogens with one attached hydrogen (secondary N) is 2. The van der Waals surface area contributed by atoms with Gasteiger partial charge in [-0.1, -0.05) is 12.1 Å². The molecule has 0 radical (unpaired) electrons. The molecule has 3 rings (SSSR count). The second kappa shape index (κ2) is 7.34. The summed E-state index contributed by atoms with van der Waals surface area (Å²) in [5.41, 5.74) is 0.367. The predicted molar refractivity (Wildman–Crippen MR) is 88.9 cm³/mol. The Morgan fingerprint density at radius 3 is 2.54 bits per heavy atom. The third-order valence-electron chi connectivity index (χ3n) is 3.28. The molecule has 2 aromatic heterocycles. The van der Waals surface area contributed by atoms with Gasteiger partial charge in [0.1, 0.15) is 6.26 Å². The number of benzene rings is 1. The third kappa shape index (κ3) is 3.61. The average Bonchev–Trinajstić information content (AvgIpc) is 3.33. The number of amides is 2. The van der Waals surface area contributed by atoms with Crippen molar-refractivity contribution in [3.8, 4) is 0 Å². The van der Waals surface area contributed by atoms with Crippen LogP contribution in [0.5, 0.6) is 0 Å². The molecule has 0 unspecified atom stereocenters. The zero-order valence-electron chi connectivity index (χ0n) is 13.5. The Kier molecular flexibility index (Phi) is 4.79. The van der Waals surface area contributed by atoms with E-state index in [2.05, 4.69) is 20.4 Å². The molecule has 0 aliphatic rings. The minimum absolute atomic E-state index is 0.0706. The topological polar surface area (TPSA) is 124 Å². The molecule has 0 saturated heterocycles. The molecule has 0 spiro atoms. The number of ether oxygens (including phenoxy) is 1. The van der Waals surface area contributed by atoms with E-state index in [1.54, 1.807) is 24.3 Å². The number of carbonyl (C=O) groups is 3. The van der Waals surface area contributed by atoms with Crippen molar-refractivity contribution in [2.24, 2.45) is 0 Å². The lowest BCUT2D eigenvalue weighted by Crippen LogP contribution is -2.16. The number of methoxy groups -OCH3 is 1. The standard InChI is InChI=1S/C17H13N3O6/c1-24-16(23)10-5-2-3-6-11(10)18-14(21)12-9-26-17(19-12)20-15(22)13-7-4-8-25-13/h2-9H,1H3,(H,18,21)(H,19,20,22). The van der Waals surface area contributed by atoms with Gasteiger partial charge in [0.15, 0.2) is 11.5 Å². The van der Waals surface area contributed by atoms with Crippen molar-refractivity contribution in [3.63, 3.8) is 0 Å². The molecule has 0 saturated carbocycles. The van der Waals surface area contributed by atoms with Crippen LogP contribution in [-0.4, -0.2) is 29.9 Å². The first-order valence-electron chi connectivity index (χ1n) is 7.37. The van der Waals surface area contributed by atoms with Gasteiger partial charge in [0.2, 0.25) is 0 Å². The fraction of sp³-hybridized carbons (Fsp3) is 0.0588. The molecule has 26 heavy (non-hydrogen) atoms. The van der Waals surface area contributed by atoms with Crippen molar-refractivity contribution >= 4 is 29.5 Å².